The Hall–Kier alpha value is 0.150. The van der Waals surface area contributed by atoms with Crippen LogP contribution in [-0.2, 0) is 4.79 Å². The zero-order valence-electron chi connectivity index (χ0n) is 4.41. The largest absolute Gasteiger partial charge is 0.300 e. The van der Waals surface area contributed by atoms with Crippen molar-refractivity contribution in [3.8, 4) is 0 Å². The van der Waals surface area contributed by atoms with Crippen LogP contribution in [0.1, 0.15) is 19.8 Å². The highest BCUT2D eigenvalue weighted by Gasteiger charge is 1.88. The molecular weight excluding hydrogens is 156 g/mol. The summed E-state index contributed by atoms with van der Waals surface area (Å²) in [6.45, 7) is 1.61. The molecule has 0 saturated heterocycles. The van der Waals surface area contributed by atoms with E-state index in [-0.39, 0.29) is 5.78 Å². The molecule has 0 radical (unpaired) electrons. The Labute approximate surface area is 52.2 Å². The van der Waals surface area contributed by atoms with Gasteiger partial charge in [0.25, 0.3) is 0 Å². The number of carbonyl (C=O) groups is 1. The first-order valence-corrected chi connectivity index (χ1v) is 3.45. The number of hydrogen-bond donors (Lipinski definition) is 0. The molecule has 0 aliphatic heterocycles. The maximum Gasteiger partial charge on any atom is 0.129 e. The number of hydrogen-bond acceptors (Lipinski definition) is 1. The Balaban J connectivity index is 2.82. The fraction of sp³-hybridized carbons (Fsp3) is 0.800. The molecule has 0 bridgehead atoms. The van der Waals surface area contributed by atoms with Crippen molar-refractivity contribution in [3.63, 3.8) is 0 Å². The number of halogens is 1. The molecule has 0 atom stereocenters. The molecule has 0 fully saturated rings. The number of Topliss-reactive ketones (excluding diaryl/α,β-unsaturated/α-hetero) is 1. The van der Waals surface area contributed by atoms with Gasteiger partial charge in [0.2, 0.25) is 0 Å². The van der Waals surface area contributed by atoms with Crippen molar-refractivity contribution >= 4 is 21.7 Å². The molecule has 0 unspecified atom stereocenters. The van der Waals surface area contributed by atoms with E-state index < -0.39 is 0 Å². The van der Waals surface area contributed by atoms with Gasteiger partial charge in [0.15, 0.2) is 0 Å². The predicted octanol–water partition coefficient (Wildman–Crippen LogP) is 1.75. The maximum atomic E-state index is 10.2. The van der Waals surface area contributed by atoms with Crippen LogP contribution in [0, 0.1) is 0 Å². The standard InChI is InChI=1S/C5H9BrO/c1-5(7)3-2-4-6/h2-4H2,1H3. The summed E-state index contributed by atoms with van der Waals surface area (Å²) in [7, 11) is 0. The zero-order chi connectivity index (χ0) is 5.70. The predicted molar refractivity (Wildman–Crippen MR) is 33.7 cm³/mol. The van der Waals surface area contributed by atoms with Crippen LogP contribution in [0.4, 0.5) is 0 Å². The minimum Gasteiger partial charge on any atom is -0.300 e. The third kappa shape index (κ3) is 6.15. The lowest BCUT2D eigenvalue weighted by Crippen LogP contribution is -1.88. The highest BCUT2D eigenvalue weighted by molar-refractivity contribution is 9.09. The van der Waals surface area contributed by atoms with Crippen molar-refractivity contribution in [2.24, 2.45) is 0 Å². The summed E-state index contributed by atoms with van der Waals surface area (Å²) in [5.74, 6) is 0.277. The van der Waals surface area contributed by atoms with Crippen molar-refractivity contribution in [2.45, 2.75) is 19.8 Å². The highest BCUT2D eigenvalue weighted by Crippen LogP contribution is 1.93. The molecule has 0 saturated carbocycles. The van der Waals surface area contributed by atoms with Crippen LogP contribution in [0.5, 0.6) is 0 Å². The molecule has 0 aliphatic carbocycles. The third-order valence-corrected chi connectivity index (χ3v) is 1.22. The average Bonchev–Trinajstić information content (AvgIpc) is 1.61. The maximum absolute atomic E-state index is 10.2. The van der Waals surface area contributed by atoms with Crippen molar-refractivity contribution in [1.82, 2.24) is 0 Å². The van der Waals surface area contributed by atoms with Gasteiger partial charge in [-0.2, -0.15) is 0 Å². The minimum absolute atomic E-state index is 0.277. The van der Waals surface area contributed by atoms with Gasteiger partial charge in [-0.3, -0.25) is 0 Å². The average molecular weight is 165 g/mol. The number of carbonyl (C=O) groups excluding carboxylic acids is 1. The van der Waals surface area contributed by atoms with E-state index in [1.807, 2.05) is 0 Å². The van der Waals surface area contributed by atoms with Gasteiger partial charge < -0.3 is 4.79 Å². The van der Waals surface area contributed by atoms with Crippen LogP contribution in [0.15, 0.2) is 0 Å². The molecule has 42 valence electrons. The lowest BCUT2D eigenvalue weighted by atomic mass is 10.3. The molecule has 0 N–H and O–H groups in total. The van der Waals surface area contributed by atoms with Gasteiger partial charge in [0.05, 0.1) is 0 Å². The van der Waals surface area contributed by atoms with Gasteiger partial charge in [-0.05, 0) is 13.3 Å². The van der Waals surface area contributed by atoms with Gasteiger partial charge in [-0.25, -0.2) is 0 Å². The van der Waals surface area contributed by atoms with E-state index >= 15 is 0 Å². The SMILES string of the molecule is CC(=O)CCCBr. The van der Waals surface area contributed by atoms with Gasteiger partial charge in [-0.15, -0.1) is 0 Å². The molecule has 7 heavy (non-hydrogen) atoms. The molecule has 0 amide bonds. The smallest absolute Gasteiger partial charge is 0.129 e. The molecule has 2 heteroatoms. The summed E-state index contributed by atoms with van der Waals surface area (Å²) < 4.78 is 0. The second-order valence-corrected chi connectivity index (χ2v) is 2.29. The number of alkyl halides is 1. The Bertz CT molecular complexity index is 61.1. The third-order valence-electron chi connectivity index (χ3n) is 0.662. The first kappa shape index (κ1) is 7.15. The summed E-state index contributed by atoms with van der Waals surface area (Å²) >= 11 is 3.23. The first-order chi connectivity index (χ1) is 3.27. The lowest BCUT2D eigenvalue weighted by molar-refractivity contribution is -0.117. The second-order valence-electron chi connectivity index (χ2n) is 1.49. The molecule has 0 rings (SSSR count). The van der Waals surface area contributed by atoms with Crippen LogP contribution in [0.2, 0.25) is 0 Å². The van der Waals surface area contributed by atoms with Gasteiger partial charge in [-0.1, -0.05) is 15.9 Å². The zero-order valence-corrected chi connectivity index (χ0v) is 5.99. The van der Waals surface area contributed by atoms with Crippen molar-refractivity contribution in [3.05, 3.63) is 0 Å². The summed E-state index contributed by atoms with van der Waals surface area (Å²) in [6.07, 6.45) is 1.68. The van der Waals surface area contributed by atoms with Gasteiger partial charge in [0, 0.05) is 11.8 Å². The molecule has 0 aromatic carbocycles. The fourth-order valence-electron chi connectivity index (χ4n) is 0.316. The van der Waals surface area contributed by atoms with E-state index in [2.05, 4.69) is 15.9 Å². The van der Waals surface area contributed by atoms with Crippen LogP contribution >= 0.6 is 15.9 Å². The van der Waals surface area contributed by atoms with E-state index in [1.54, 1.807) is 6.92 Å². The topological polar surface area (TPSA) is 17.1 Å². The molecule has 0 heterocycles. The van der Waals surface area contributed by atoms with Gasteiger partial charge in [0.1, 0.15) is 5.78 Å². The van der Waals surface area contributed by atoms with Crippen LogP contribution in [0.3, 0.4) is 0 Å². The van der Waals surface area contributed by atoms with Gasteiger partial charge >= 0.3 is 0 Å². The van der Waals surface area contributed by atoms with Crippen LogP contribution in [0.25, 0.3) is 0 Å². The molecule has 1 nitrogen and oxygen atoms in total. The second kappa shape index (κ2) is 4.31. The van der Waals surface area contributed by atoms with E-state index in [4.69, 9.17) is 0 Å². The highest BCUT2D eigenvalue weighted by atomic mass is 79.9. The normalized spacial score (nSPS) is 8.86. The fourth-order valence-corrected chi connectivity index (χ4v) is 0.596. The first-order valence-electron chi connectivity index (χ1n) is 2.32. The van der Waals surface area contributed by atoms with E-state index in [1.165, 1.54) is 0 Å². The molecule has 0 spiro atoms. The Kier molecular flexibility index (Phi) is 4.41. The Morgan fingerprint density at radius 3 is 2.43 bits per heavy atom. The summed E-state index contributed by atoms with van der Waals surface area (Å²) in [4.78, 5) is 10.2. The van der Waals surface area contributed by atoms with Crippen LogP contribution < -0.4 is 0 Å². The molecule has 0 aromatic heterocycles. The molecular formula is C5H9BrO. The van der Waals surface area contributed by atoms with E-state index in [0.29, 0.717) is 6.42 Å². The summed E-state index contributed by atoms with van der Waals surface area (Å²) in [5.41, 5.74) is 0. The Morgan fingerprint density at radius 2 is 2.29 bits per heavy atom. The van der Waals surface area contributed by atoms with Crippen molar-refractivity contribution in [2.75, 3.05) is 5.33 Å². The van der Waals surface area contributed by atoms with Crippen molar-refractivity contribution in [1.29, 1.82) is 0 Å². The molecule has 0 aromatic rings. The lowest BCUT2D eigenvalue weighted by Gasteiger charge is -1.85. The number of ketones is 1. The molecule has 0 aliphatic rings. The Morgan fingerprint density at radius 1 is 1.71 bits per heavy atom. The quantitative estimate of drug-likeness (QED) is 0.582. The van der Waals surface area contributed by atoms with Crippen LogP contribution in [-0.4, -0.2) is 11.1 Å². The number of rotatable bonds is 3. The van der Waals surface area contributed by atoms with E-state index in [9.17, 15) is 4.79 Å². The van der Waals surface area contributed by atoms with Crippen molar-refractivity contribution < 1.29 is 4.79 Å². The minimum atomic E-state index is 0.277. The monoisotopic (exact) mass is 164 g/mol. The summed E-state index contributed by atoms with van der Waals surface area (Å²) in [6, 6.07) is 0. The van der Waals surface area contributed by atoms with E-state index in [0.717, 1.165) is 11.8 Å². The summed E-state index contributed by atoms with van der Waals surface area (Å²) in [5, 5.41) is 0.937.